The summed E-state index contributed by atoms with van der Waals surface area (Å²) in [6.07, 6.45) is 7.34. The Morgan fingerprint density at radius 3 is 1.90 bits per heavy atom. The molecule has 0 saturated carbocycles. The number of nitrogens with two attached hydrogens (primary N) is 2. The minimum Gasteiger partial charge on any atom is -1.00 e. The van der Waals surface area contributed by atoms with E-state index in [9.17, 15) is 14.4 Å². The van der Waals surface area contributed by atoms with Crippen LogP contribution >= 0.6 is 47.2 Å². The number of aryl methyl sites for hydroxylation is 6. The van der Waals surface area contributed by atoms with Crippen molar-refractivity contribution in [2.75, 3.05) is 69.7 Å². The van der Waals surface area contributed by atoms with Crippen molar-refractivity contribution < 1.29 is 68.9 Å². The number of thiol groups is 1. The fraction of sp³-hybridized carbons (Fsp3) is 0.364. The van der Waals surface area contributed by atoms with Crippen LogP contribution in [0.25, 0.3) is 26.0 Å². The Morgan fingerprint density at radius 2 is 1.49 bits per heavy atom. The molecule has 0 unspecified atom stereocenters. The van der Waals surface area contributed by atoms with Crippen LogP contribution in [0.4, 0.5) is 17.1 Å². The van der Waals surface area contributed by atoms with Crippen molar-refractivity contribution in [3.8, 4) is 5.75 Å². The van der Waals surface area contributed by atoms with Crippen LogP contribution in [-0.4, -0.2) is 138 Å². The van der Waals surface area contributed by atoms with Crippen molar-refractivity contribution in [1.29, 1.82) is 0 Å². The number of aromatic nitrogens is 9. The number of piperazine rings is 1. The Balaban J connectivity index is 0.00000114. The molecule has 23 nitrogen and oxygen atoms in total. The summed E-state index contributed by atoms with van der Waals surface area (Å²) in [4.78, 5) is 62.5. The number of anilines is 2. The van der Waals surface area contributed by atoms with Crippen molar-refractivity contribution in [2.45, 2.75) is 108 Å². The number of aliphatic hydroxyl groups excluding tert-OH is 1. The number of carbonyl (C=O) groups is 3. The smallest absolute Gasteiger partial charge is 1.00 e. The molecule has 0 radical (unpaired) electrons. The van der Waals surface area contributed by atoms with Crippen molar-refractivity contribution in [2.24, 2.45) is 10.7 Å². The van der Waals surface area contributed by atoms with Crippen molar-refractivity contribution in [3.05, 3.63) is 176 Å². The van der Waals surface area contributed by atoms with E-state index in [1.807, 2.05) is 131 Å². The third-order valence-corrected chi connectivity index (χ3v) is 14.4. The van der Waals surface area contributed by atoms with Crippen molar-refractivity contribution in [3.63, 3.8) is 0 Å². The van der Waals surface area contributed by atoms with E-state index in [1.165, 1.54) is 15.6 Å². The van der Waals surface area contributed by atoms with Crippen LogP contribution in [0.5, 0.6) is 5.75 Å². The van der Waals surface area contributed by atoms with E-state index >= 15 is 0 Å². The van der Waals surface area contributed by atoms with Crippen molar-refractivity contribution >= 4 is 109 Å². The quantitative estimate of drug-likeness (QED) is 0.0284. The molecule has 7 heterocycles. The third-order valence-electron chi connectivity index (χ3n) is 12.3. The summed E-state index contributed by atoms with van der Waals surface area (Å²) in [5, 5.41) is 26.0. The number of nitrogen functional groups attached to an aromatic ring is 1. The minimum absolute atomic E-state index is 0. The molecule has 502 valence electrons. The van der Waals surface area contributed by atoms with Crippen LogP contribution in [0.15, 0.2) is 150 Å². The van der Waals surface area contributed by atoms with Gasteiger partial charge in [-0.1, -0.05) is 111 Å². The first-order valence-electron chi connectivity index (χ1n) is 29.9. The number of ketones is 2. The van der Waals surface area contributed by atoms with Crippen LogP contribution in [0.3, 0.4) is 0 Å². The zero-order chi connectivity index (χ0) is 69.3. The molecule has 28 heteroatoms. The average molecular weight is 1380 g/mol. The summed E-state index contributed by atoms with van der Waals surface area (Å²) < 4.78 is 21.3. The van der Waals surface area contributed by atoms with E-state index in [0.29, 0.717) is 54.0 Å². The van der Waals surface area contributed by atoms with E-state index in [0.717, 1.165) is 88.9 Å². The molecule has 5 aromatic heterocycles. The van der Waals surface area contributed by atoms with Gasteiger partial charge in [0, 0.05) is 98.0 Å². The molecule has 1 saturated heterocycles. The summed E-state index contributed by atoms with van der Waals surface area (Å²) in [6.45, 7) is 36.4. The summed E-state index contributed by atoms with van der Waals surface area (Å²) in [6, 6.07) is 29.2. The number of rotatable bonds is 7. The number of fused-ring (bicyclic) bond motifs is 2. The summed E-state index contributed by atoms with van der Waals surface area (Å²) in [7, 11) is 0. The predicted molar refractivity (Wildman–Crippen MR) is 377 cm³/mol. The molecular weight excluding hydrogens is 1290 g/mol. The average Bonchev–Trinajstić information content (AvgIpc) is 1.81. The summed E-state index contributed by atoms with van der Waals surface area (Å²) >= 11 is 16.8. The number of aliphatic hydroxyl groups is 1. The topological polar surface area (TPSA) is 313 Å². The van der Waals surface area contributed by atoms with Gasteiger partial charge in [-0.25, -0.2) is 14.8 Å². The number of amides is 1. The summed E-state index contributed by atoms with van der Waals surface area (Å²) in [5.41, 5.74) is 16.9. The SMILES string of the molecule is CC.CC.CC1=C(C)C(=O)C(Cl)=C(Cl)C1=O.CC1=NCCO1.Cc1nc2ccccc2s1.Cc1ncco1.Cc1nn[nH]n1.Cc1noc(C)n1.NCCO.Nc1ccccc1S.[C-]#[N+]c1ccc(N2CCN(C(=O)COc3ccc4[nH]cc(CCC)c4c3)CC2)cc1.[H-].[Na+]. The predicted octanol–water partition coefficient (Wildman–Crippen LogP) is 10.4. The second-order valence-corrected chi connectivity index (χ2v) is 21.5. The second kappa shape index (κ2) is 48.0. The molecular formula is C66H88Cl2N15NaO8S2. The summed E-state index contributed by atoms with van der Waals surface area (Å²) in [5.74, 6) is 3.56. The van der Waals surface area contributed by atoms with Gasteiger partial charge >= 0.3 is 29.6 Å². The van der Waals surface area contributed by atoms with Gasteiger partial charge in [0.25, 0.3) is 5.91 Å². The zero-order valence-electron chi connectivity index (χ0n) is 57.2. The van der Waals surface area contributed by atoms with E-state index in [1.54, 1.807) is 65.3 Å². The molecule has 4 aromatic carbocycles. The third kappa shape index (κ3) is 31.0. The molecule has 1 aliphatic carbocycles. The molecule has 1 amide bonds. The fourth-order valence-electron chi connectivity index (χ4n) is 7.61. The van der Waals surface area contributed by atoms with Gasteiger partial charge in [-0.2, -0.15) is 10.2 Å². The standard InChI is InChI=1S/C24H26N4O2.C8H6Cl2O2.C8H7NS.C6H7NS.C4H6N2O.C4H7NO.C4H5NO.C2H4N4.C2H7NO.2C2H6.Na.H/c1-3-4-18-16-26-23-10-9-21(15-22(18)23)30-17-24(29)28-13-11-27(12-14-28)20-7-5-19(25-2)6-8-20;1-3-4(2)8(12)6(10)5(9)7(3)11;1-6-9-7-4-2-3-5-8(7)10-6;7-5-3-1-2-4-6(5)8;1-3-5-4(2)7-6-3;2*1-4-5-2-3-6-4;1-2-3-5-6-4-2;3-1-2-4;2*1-2;;/h5-10,15-16,26H,3-4,11-14,17H2,1H3;1-2H3;2-5H,1H3;1-4,8H,7H2;1-2H3;2-3H2,1H3;2-3H,1H3;1H3,(H,3,4,5,6);4H,1-3H2;2*1-2H3;;/q;;;;;;;;;;;+1;-1. The molecule has 3 aliphatic rings. The van der Waals surface area contributed by atoms with Crippen LogP contribution in [0, 0.1) is 41.2 Å². The molecule has 0 bridgehead atoms. The maximum atomic E-state index is 12.6. The number of hydrogen-bond donors (Lipinski definition) is 6. The first kappa shape index (κ1) is 84.2. The van der Waals surface area contributed by atoms with Crippen LogP contribution < -0.4 is 50.7 Å². The Labute approximate surface area is 594 Å². The normalized spacial score (nSPS) is 12.4. The zero-order valence-corrected chi connectivity index (χ0v) is 61.4. The Hall–Kier alpha value is -7.77. The number of carbonyl (C=O) groups excluding carboxylic acids is 3. The van der Waals surface area contributed by atoms with Gasteiger partial charge < -0.3 is 51.2 Å². The number of Topliss-reactive ketones (excluding diaryl/α,β-unsaturated/α-hetero) is 2. The number of aromatic amines is 2. The van der Waals surface area contributed by atoms with E-state index in [-0.39, 0.29) is 71.7 Å². The van der Waals surface area contributed by atoms with Crippen LogP contribution in [-0.2, 0) is 25.5 Å². The molecule has 94 heavy (non-hydrogen) atoms. The minimum atomic E-state index is -0.362. The van der Waals surface area contributed by atoms with Gasteiger partial charge in [-0.3, -0.25) is 19.4 Å². The molecule has 12 rings (SSSR count). The number of halogens is 2. The van der Waals surface area contributed by atoms with Crippen LogP contribution in [0.1, 0.15) is 97.2 Å². The maximum absolute atomic E-state index is 12.6. The van der Waals surface area contributed by atoms with Crippen molar-refractivity contribution in [1.82, 2.24) is 50.6 Å². The molecule has 9 aromatic rings. The van der Waals surface area contributed by atoms with Gasteiger partial charge in [-0.15, -0.1) is 34.2 Å². The maximum Gasteiger partial charge on any atom is 1.00 e. The van der Waals surface area contributed by atoms with Gasteiger partial charge in [0.2, 0.25) is 17.5 Å². The molecule has 0 spiro atoms. The Kier molecular flexibility index (Phi) is 43.0. The number of allylic oxidation sites excluding steroid dienone is 4. The molecule has 1 fully saturated rings. The molecule has 0 atom stereocenters. The monoisotopic (exact) mass is 1380 g/mol. The van der Waals surface area contributed by atoms with Gasteiger partial charge in [0.15, 0.2) is 35.7 Å². The first-order valence-corrected chi connectivity index (χ1v) is 31.9. The first-order chi connectivity index (χ1) is 44.7. The number of aliphatic imine (C=N–C) groups is 1. The number of para-hydroxylation sites is 2. The fourth-order valence-corrected chi connectivity index (χ4v) is 9.05. The van der Waals surface area contributed by atoms with E-state index < -0.39 is 0 Å². The number of ether oxygens (including phenoxy) is 2. The number of H-pyrrole nitrogens is 2. The number of thiazole rings is 1. The Morgan fingerprint density at radius 1 is 0.862 bits per heavy atom. The largest absolute Gasteiger partial charge is 1.00 e. The van der Waals surface area contributed by atoms with E-state index in [2.05, 4.69) is 96.8 Å². The van der Waals surface area contributed by atoms with Gasteiger partial charge in [0.1, 0.15) is 28.7 Å². The number of tetrazole rings is 1. The van der Waals surface area contributed by atoms with Crippen LogP contribution in [0.2, 0.25) is 0 Å². The number of nitrogens with zero attached hydrogens (tertiary/aromatic N) is 11. The second-order valence-electron chi connectivity index (χ2n) is 19.0. The Bertz CT molecular complexity index is 3590. The van der Waals surface area contributed by atoms with Gasteiger partial charge in [0.05, 0.1) is 41.1 Å². The number of nitrogens with one attached hydrogen (secondary N) is 2. The number of hydrogen-bond acceptors (Lipinski definition) is 21. The van der Waals surface area contributed by atoms with Gasteiger partial charge in [-0.05, 0) is 101 Å². The number of benzene rings is 4. The number of oxazole rings is 1. The van der Waals surface area contributed by atoms with E-state index in [4.69, 9.17) is 60.2 Å². The molecule has 7 N–H and O–H groups in total. The molecule has 2 aliphatic heterocycles.